The molecule has 5 nitrogen and oxygen atoms in total. The summed E-state index contributed by atoms with van der Waals surface area (Å²) in [5, 5.41) is 16.8. The summed E-state index contributed by atoms with van der Waals surface area (Å²) in [7, 11) is 0. The smallest absolute Gasteiger partial charge is 0.302 e. The zero-order chi connectivity index (χ0) is 6.36. The third-order valence-electron chi connectivity index (χ3n) is 0.922. The lowest BCUT2D eigenvalue weighted by atomic mass is 10.4. The molecule has 4 N–H and O–H groups in total. The van der Waals surface area contributed by atoms with Crippen LogP contribution in [0.15, 0.2) is 0 Å². The molecule has 0 aliphatic carbocycles. The Balaban J connectivity index is 2.60. The van der Waals surface area contributed by atoms with Crippen molar-refractivity contribution >= 4 is 5.91 Å². The summed E-state index contributed by atoms with van der Waals surface area (Å²) in [6, 6.07) is 0. The van der Waals surface area contributed by atoms with E-state index in [1.165, 1.54) is 0 Å². The second-order valence-electron chi connectivity index (χ2n) is 1.53. The molecule has 1 aliphatic rings. The summed E-state index contributed by atoms with van der Waals surface area (Å²) < 4.78 is 4.00. The van der Waals surface area contributed by atoms with Crippen molar-refractivity contribution < 1.29 is 19.7 Å². The maximum absolute atomic E-state index is 9.98. The Morgan fingerprint density at radius 3 is 2.25 bits per heavy atom. The summed E-state index contributed by atoms with van der Waals surface area (Å²) in [6.45, 7) is 0. The molecule has 46 valence electrons. The van der Waals surface area contributed by atoms with Crippen molar-refractivity contribution in [1.82, 2.24) is 0 Å². The van der Waals surface area contributed by atoms with Gasteiger partial charge in [0.25, 0.3) is 5.91 Å². The van der Waals surface area contributed by atoms with Crippen LogP contribution in [-0.4, -0.2) is 28.2 Å². The Morgan fingerprint density at radius 2 is 2.25 bits per heavy atom. The van der Waals surface area contributed by atoms with Crippen LogP contribution in [0.4, 0.5) is 0 Å². The average Bonchev–Trinajstić information content (AvgIpc) is 2.17. The van der Waals surface area contributed by atoms with Crippen LogP contribution in [0, 0.1) is 0 Å². The van der Waals surface area contributed by atoms with Gasteiger partial charge in [0.1, 0.15) is 0 Å². The number of hydrogen-bond acceptors (Lipinski definition) is 4. The second-order valence-corrected chi connectivity index (χ2v) is 1.53. The quantitative estimate of drug-likeness (QED) is 0.333. The SMILES string of the molecule is NC(=O)C1(O)OC1O. The van der Waals surface area contributed by atoms with Crippen molar-refractivity contribution in [3.05, 3.63) is 0 Å². The number of epoxide rings is 1. The van der Waals surface area contributed by atoms with Gasteiger partial charge in [-0.3, -0.25) is 4.79 Å². The Hall–Kier alpha value is -0.650. The number of aliphatic hydroxyl groups is 2. The van der Waals surface area contributed by atoms with Gasteiger partial charge in [-0.2, -0.15) is 0 Å². The molecule has 2 unspecified atom stereocenters. The van der Waals surface area contributed by atoms with E-state index in [0.29, 0.717) is 0 Å². The first-order chi connectivity index (χ1) is 3.57. The van der Waals surface area contributed by atoms with E-state index in [2.05, 4.69) is 10.5 Å². The molecule has 5 heteroatoms. The number of nitrogens with two attached hydrogens (primary N) is 1. The third kappa shape index (κ3) is 0.492. The first-order valence-electron chi connectivity index (χ1n) is 1.95. The van der Waals surface area contributed by atoms with E-state index >= 15 is 0 Å². The van der Waals surface area contributed by atoms with Gasteiger partial charge in [-0.05, 0) is 0 Å². The minimum atomic E-state index is -2.10. The van der Waals surface area contributed by atoms with Crippen LogP contribution in [0.25, 0.3) is 0 Å². The van der Waals surface area contributed by atoms with Crippen LogP contribution >= 0.6 is 0 Å². The molecule has 0 aromatic carbocycles. The van der Waals surface area contributed by atoms with Crippen LogP contribution in [-0.2, 0) is 9.53 Å². The molecule has 1 aliphatic heterocycles. The van der Waals surface area contributed by atoms with Gasteiger partial charge in [-0.1, -0.05) is 0 Å². The van der Waals surface area contributed by atoms with Crippen molar-refractivity contribution in [3.63, 3.8) is 0 Å². The first kappa shape index (κ1) is 5.49. The first-order valence-corrected chi connectivity index (χ1v) is 1.95. The Kier molecular flexibility index (Phi) is 0.817. The topological polar surface area (TPSA) is 96.1 Å². The summed E-state index contributed by atoms with van der Waals surface area (Å²) in [6.07, 6.45) is -1.43. The Morgan fingerprint density at radius 1 is 1.88 bits per heavy atom. The molecule has 0 spiro atoms. The van der Waals surface area contributed by atoms with E-state index < -0.39 is 18.0 Å². The van der Waals surface area contributed by atoms with E-state index in [1.54, 1.807) is 0 Å². The van der Waals surface area contributed by atoms with E-state index in [0.717, 1.165) is 0 Å². The van der Waals surface area contributed by atoms with Crippen molar-refractivity contribution in [3.8, 4) is 0 Å². The number of amides is 1. The molecular formula is C3H5NO4. The minimum absolute atomic E-state index is 1.06. The van der Waals surface area contributed by atoms with E-state index in [-0.39, 0.29) is 0 Å². The van der Waals surface area contributed by atoms with Gasteiger partial charge in [-0.25, -0.2) is 0 Å². The van der Waals surface area contributed by atoms with Crippen molar-refractivity contribution in [2.75, 3.05) is 0 Å². The van der Waals surface area contributed by atoms with Crippen LogP contribution in [0.2, 0.25) is 0 Å². The highest BCUT2D eigenvalue weighted by atomic mass is 16.8. The van der Waals surface area contributed by atoms with Gasteiger partial charge >= 0.3 is 5.79 Å². The van der Waals surface area contributed by atoms with Crippen LogP contribution in [0.3, 0.4) is 0 Å². The van der Waals surface area contributed by atoms with Gasteiger partial charge in [0.05, 0.1) is 0 Å². The molecule has 1 fully saturated rings. The van der Waals surface area contributed by atoms with E-state index in [1.807, 2.05) is 0 Å². The van der Waals surface area contributed by atoms with Crippen molar-refractivity contribution in [2.45, 2.75) is 12.1 Å². The highest BCUT2D eigenvalue weighted by molar-refractivity contribution is 5.84. The normalized spacial score (nSPS) is 44.0. The fourth-order valence-corrected chi connectivity index (χ4v) is 0.316. The van der Waals surface area contributed by atoms with Crippen LogP contribution in [0.5, 0.6) is 0 Å². The molecule has 0 radical (unpaired) electrons. The molecule has 1 heterocycles. The van der Waals surface area contributed by atoms with Crippen LogP contribution < -0.4 is 5.73 Å². The zero-order valence-corrected chi connectivity index (χ0v) is 3.87. The highest BCUT2D eigenvalue weighted by Gasteiger charge is 2.60. The number of carbonyl (C=O) groups is 1. The molecule has 1 rings (SSSR count). The fraction of sp³-hybridized carbons (Fsp3) is 0.667. The number of rotatable bonds is 1. The Bertz CT molecular complexity index is 135. The van der Waals surface area contributed by atoms with Gasteiger partial charge in [0, 0.05) is 0 Å². The third-order valence-corrected chi connectivity index (χ3v) is 0.922. The predicted molar refractivity (Wildman–Crippen MR) is 21.2 cm³/mol. The summed E-state index contributed by atoms with van der Waals surface area (Å²) in [5.74, 6) is -3.16. The molecule has 2 atom stereocenters. The number of carbonyl (C=O) groups excluding carboxylic acids is 1. The maximum atomic E-state index is 9.98. The van der Waals surface area contributed by atoms with Crippen LogP contribution in [0.1, 0.15) is 0 Å². The lowest BCUT2D eigenvalue weighted by Gasteiger charge is -1.92. The van der Waals surface area contributed by atoms with E-state index in [9.17, 15) is 4.79 Å². The largest absolute Gasteiger partial charge is 0.365 e. The van der Waals surface area contributed by atoms with Gasteiger partial charge in [-0.15, -0.1) is 0 Å². The summed E-state index contributed by atoms with van der Waals surface area (Å²) in [4.78, 5) is 9.98. The minimum Gasteiger partial charge on any atom is -0.365 e. The number of aliphatic hydroxyl groups excluding tert-OH is 1. The van der Waals surface area contributed by atoms with Gasteiger partial charge in [0.2, 0.25) is 6.29 Å². The molecule has 0 bridgehead atoms. The summed E-state index contributed by atoms with van der Waals surface area (Å²) in [5.41, 5.74) is 4.55. The molecule has 0 saturated carbocycles. The number of primary amides is 1. The molecule has 8 heavy (non-hydrogen) atoms. The van der Waals surface area contributed by atoms with Crippen molar-refractivity contribution in [2.24, 2.45) is 5.73 Å². The number of ether oxygens (including phenoxy) is 1. The van der Waals surface area contributed by atoms with Gasteiger partial charge in [0.15, 0.2) is 0 Å². The Labute approximate surface area is 44.7 Å². The number of hydrogen-bond donors (Lipinski definition) is 3. The van der Waals surface area contributed by atoms with E-state index in [4.69, 9.17) is 10.2 Å². The predicted octanol–water partition coefficient (Wildman–Crippen LogP) is -2.49. The highest BCUT2D eigenvalue weighted by Crippen LogP contribution is 2.29. The van der Waals surface area contributed by atoms with Gasteiger partial charge < -0.3 is 20.7 Å². The molecule has 0 aromatic heterocycles. The molecular weight excluding hydrogens is 114 g/mol. The lowest BCUT2D eigenvalue weighted by molar-refractivity contribution is -0.135. The molecule has 0 aromatic rings. The monoisotopic (exact) mass is 119 g/mol. The molecule has 1 saturated heterocycles. The second kappa shape index (κ2) is 1.19. The standard InChI is InChI=1S/C3H5NO4/c4-1(5)3(7)2(6)8-3/h2,6-7H,(H2,4,5). The van der Waals surface area contributed by atoms with Crippen molar-refractivity contribution in [1.29, 1.82) is 0 Å². The average molecular weight is 119 g/mol. The fourth-order valence-electron chi connectivity index (χ4n) is 0.316. The molecule has 1 amide bonds. The lowest BCUT2D eigenvalue weighted by Crippen LogP contribution is -2.33. The maximum Gasteiger partial charge on any atom is 0.302 e. The summed E-state index contributed by atoms with van der Waals surface area (Å²) >= 11 is 0. The zero-order valence-electron chi connectivity index (χ0n) is 3.87.